The molecule has 1 aromatic carbocycles. The van der Waals surface area contributed by atoms with Crippen molar-refractivity contribution in [2.75, 3.05) is 5.32 Å². The number of allylic oxidation sites excluding steroid dienone is 2. The molecular formula is C23H19ClN4O2S2. The van der Waals surface area contributed by atoms with Crippen molar-refractivity contribution in [1.82, 2.24) is 15.2 Å². The first kappa shape index (κ1) is 20.1. The van der Waals surface area contributed by atoms with Crippen LogP contribution in [-0.2, 0) is 4.79 Å². The van der Waals surface area contributed by atoms with Crippen molar-refractivity contribution in [3.63, 3.8) is 0 Å². The van der Waals surface area contributed by atoms with Gasteiger partial charge in [-0.15, -0.1) is 11.3 Å². The molecule has 1 aliphatic heterocycles. The normalized spacial score (nSPS) is 19.7. The molecule has 4 aromatic rings. The van der Waals surface area contributed by atoms with Gasteiger partial charge in [0.15, 0.2) is 15.2 Å². The molecule has 0 fully saturated rings. The second-order valence-electron chi connectivity index (χ2n) is 8.94. The Bertz CT molecular complexity index is 1410. The number of hydrogen-bond acceptors (Lipinski definition) is 7. The number of fused-ring (bicyclic) bond motifs is 2. The average Bonchev–Trinajstić information content (AvgIpc) is 3.44. The molecule has 2 aliphatic rings. The lowest BCUT2D eigenvalue weighted by Gasteiger charge is -2.37. The summed E-state index contributed by atoms with van der Waals surface area (Å²) in [6.07, 6.45) is 3.10. The summed E-state index contributed by atoms with van der Waals surface area (Å²) in [6, 6.07) is 9.61. The summed E-state index contributed by atoms with van der Waals surface area (Å²) in [5.41, 5.74) is 3.48. The van der Waals surface area contributed by atoms with Crippen LogP contribution in [-0.4, -0.2) is 21.0 Å². The van der Waals surface area contributed by atoms with Gasteiger partial charge in [-0.3, -0.25) is 9.89 Å². The number of carbonyl (C=O) groups excluding carboxylic acids is 1. The van der Waals surface area contributed by atoms with Gasteiger partial charge in [0.05, 0.1) is 22.3 Å². The van der Waals surface area contributed by atoms with Crippen molar-refractivity contribution < 1.29 is 9.21 Å². The second kappa shape index (κ2) is 7.23. The molecule has 1 atom stereocenters. The quantitative estimate of drug-likeness (QED) is 0.341. The minimum atomic E-state index is -0.271. The standard InChI is InChI=1S/C23H19ClN4O2S2/c1-23(2)8-14-20(15(29)9-23)19(12-10-25-28-21(12)26-14)16-4-6-18(30-16)32-22-27-13-7-11(24)3-5-17(13)31-22/h3-7,10,19H,8-9H2,1-2H3,(H2,25,26,28). The lowest BCUT2D eigenvalue weighted by molar-refractivity contribution is -0.118. The highest BCUT2D eigenvalue weighted by Gasteiger charge is 2.42. The first-order valence-corrected chi connectivity index (χ1v) is 12.3. The average molecular weight is 483 g/mol. The predicted molar refractivity (Wildman–Crippen MR) is 127 cm³/mol. The lowest BCUT2D eigenvalue weighted by atomic mass is 9.70. The summed E-state index contributed by atoms with van der Waals surface area (Å²) in [7, 11) is 0. The fourth-order valence-electron chi connectivity index (χ4n) is 4.55. The van der Waals surface area contributed by atoms with E-state index in [9.17, 15) is 4.79 Å². The zero-order valence-electron chi connectivity index (χ0n) is 17.4. The maximum atomic E-state index is 13.2. The summed E-state index contributed by atoms with van der Waals surface area (Å²) in [4.78, 5) is 17.9. The van der Waals surface area contributed by atoms with Gasteiger partial charge in [0.25, 0.3) is 0 Å². The molecule has 32 heavy (non-hydrogen) atoms. The molecule has 4 heterocycles. The SMILES string of the molecule is CC1(C)CC(=O)C2=C(C1)Nc1[nH]ncc1C2c1ccc(Sc2nc3cc(Cl)ccc3s2)o1. The number of ketones is 1. The molecule has 0 radical (unpaired) electrons. The van der Waals surface area contributed by atoms with E-state index in [2.05, 4.69) is 34.3 Å². The highest BCUT2D eigenvalue weighted by molar-refractivity contribution is 8.01. The topological polar surface area (TPSA) is 83.8 Å². The molecule has 0 spiro atoms. The Kier molecular flexibility index (Phi) is 4.54. The third-order valence-electron chi connectivity index (χ3n) is 5.87. The van der Waals surface area contributed by atoms with Crippen molar-refractivity contribution >= 4 is 56.5 Å². The Labute approximate surface area is 197 Å². The van der Waals surface area contributed by atoms with Gasteiger partial charge in [0.2, 0.25) is 0 Å². The molecule has 1 aliphatic carbocycles. The molecule has 162 valence electrons. The Morgan fingerprint density at radius 1 is 1.25 bits per heavy atom. The third-order valence-corrected chi connectivity index (χ3v) is 8.12. The number of carbonyl (C=O) groups is 1. The number of aromatic nitrogens is 3. The van der Waals surface area contributed by atoms with Crippen LogP contribution in [0.15, 0.2) is 61.6 Å². The van der Waals surface area contributed by atoms with Gasteiger partial charge >= 0.3 is 0 Å². The minimum Gasteiger partial charge on any atom is -0.453 e. The Morgan fingerprint density at radius 3 is 3.00 bits per heavy atom. The highest BCUT2D eigenvalue weighted by Crippen LogP contribution is 2.49. The summed E-state index contributed by atoms with van der Waals surface area (Å²) in [6.45, 7) is 4.25. The Morgan fingerprint density at radius 2 is 2.12 bits per heavy atom. The fourth-order valence-corrected chi connectivity index (χ4v) is 6.67. The van der Waals surface area contributed by atoms with Gasteiger partial charge in [-0.2, -0.15) is 5.10 Å². The van der Waals surface area contributed by atoms with E-state index in [0.717, 1.165) is 54.5 Å². The molecule has 1 unspecified atom stereocenters. The largest absolute Gasteiger partial charge is 0.453 e. The Balaban J connectivity index is 1.36. The van der Waals surface area contributed by atoms with Crippen LogP contribution in [0.3, 0.4) is 0 Å². The molecule has 0 bridgehead atoms. The first-order valence-electron chi connectivity index (χ1n) is 10.3. The van der Waals surface area contributed by atoms with E-state index >= 15 is 0 Å². The number of rotatable bonds is 3. The minimum absolute atomic E-state index is 0.0785. The molecule has 0 amide bonds. The van der Waals surface area contributed by atoms with Crippen LogP contribution in [0.5, 0.6) is 0 Å². The maximum absolute atomic E-state index is 13.2. The first-order chi connectivity index (χ1) is 15.4. The van der Waals surface area contributed by atoms with E-state index in [1.54, 1.807) is 17.5 Å². The highest BCUT2D eigenvalue weighted by atomic mass is 35.5. The molecular weight excluding hydrogens is 464 g/mol. The van der Waals surface area contributed by atoms with E-state index in [-0.39, 0.29) is 17.1 Å². The smallest absolute Gasteiger partial charge is 0.167 e. The van der Waals surface area contributed by atoms with Crippen molar-refractivity contribution in [1.29, 1.82) is 0 Å². The molecule has 9 heteroatoms. The summed E-state index contributed by atoms with van der Waals surface area (Å²) >= 11 is 9.16. The number of benzene rings is 1. The van der Waals surface area contributed by atoms with Crippen LogP contribution in [0.4, 0.5) is 5.82 Å². The number of H-pyrrole nitrogens is 1. The van der Waals surface area contributed by atoms with Gasteiger partial charge in [0.1, 0.15) is 11.6 Å². The van der Waals surface area contributed by atoms with Crippen LogP contribution in [0.1, 0.15) is 43.9 Å². The number of aromatic amines is 1. The number of nitrogens with one attached hydrogen (secondary N) is 2. The van der Waals surface area contributed by atoms with Crippen LogP contribution < -0.4 is 5.32 Å². The number of hydrogen-bond donors (Lipinski definition) is 2. The van der Waals surface area contributed by atoms with E-state index < -0.39 is 0 Å². The van der Waals surface area contributed by atoms with Crippen LogP contribution in [0, 0.1) is 5.41 Å². The summed E-state index contributed by atoms with van der Waals surface area (Å²) in [5, 5.41) is 12.1. The zero-order chi connectivity index (χ0) is 22.0. The number of thiazole rings is 1. The molecule has 6 rings (SSSR count). The molecule has 3 aromatic heterocycles. The number of anilines is 1. The van der Waals surface area contributed by atoms with E-state index in [4.69, 9.17) is 16.0 Å². The molecule has 0 saturated heterocycles. The van der Waals surface area contributed by atoms with E-state index in [0.29, 0.717) is 11.4 Å². The molecule has 2 N–H and O–H groups in total. The predicted octanol–water partition coefficient (Wildman–Crippen LogP) is 6.62. The zero-order valence-corrected chi connectivity index (χ0v) is 19.7. The van der Waals surface area contributed by atoms with Gasteiger partial charge in [-0.25, -0.2) is 4.98 Å². The van der Waals surface area contributed by atoms with E-state index in [1.165, 1.54) is 11.8 Å². The second-order valence-corrected chi connectivity index (χ2v) is 11.7. The summed E-state index contributed by atoms with van der Waals surface area (Å²) in [5.74, 6) is 1.45. The lowest BCUT2D eigenvalue weighted by Crippen LogP contribution is -2.33. The molecule has 0 saturated carbocycles. The number of Topliss-reactive ketones (excluding diaryl/α,β-unsaturated/α-hetero) is 1. The fraction of sp³-hybridized carbons (Fsp3) is 0.261. The maximum Gasteiger partial charge on any atom is 0.167 e. The molecule has 6 nitrogen and oxygen atoms in total. The number of halogens is 1. The van der Waals surface area contributed by atoms with Crippen molar-refractivity contribution in [2.45, 2.75) is 42.0 Å². The monoisotopic (exact) mass is 482 g/mol. The van der Waals surface area contributed by atoms with Gasteiger partial charge in [0, 0.05) is 28.3 Å². The van der Waals surface area contributed by atoms with Crippen LogP contribution >= 0.6 is 34.7 Å². The van der Waals surface area contributed by atoms with Gasteiger partial charge in [-0.1, -0.05) is 25.4 Å². The van der Waals surface area contributed by atoms with E-state index in [1.807, 2.05) is 30.3 Å². The van der Waals surface area contributed by atoms with Gasteiger partial charge < -0.3 is 9.73 Å². The van der Waals surface area contributed by atoms with Crippen molar-refractivity contribution in [3.8, 4) is 0 Å². The summed E-state index contributed by atoms with van der Waals surface area (Å²) < 4.78 is 8.23. The number of furan rings is 1. The van der Waals surface area contributed by atoms with Crippen molar-refractivity contribution in [3.05, 3.63) is 64.1 Å². The Hall–Kier alpha value is -2.55. The third kappa shape index (κ3) is 3.37. The van der Waals surface area contributed by atoms with Crippen molar-refractivity contribution in [2.24, 2.45) is 5.41 Å². The van der Waals surface area contributed by atoms with Gasteiger partial charge in [-0.05, 0) is 53.9 Å². The van der Waals surface area contributed by atoms with Crippen LogP contribution in [0.25, 0.3) is 10.2 Å². The number of nitrogens with zero attached hydrogens (tertiary/aromatic N) is 2. The van der Waals surface area contributed by atoms with Crippen LogP contribution in [0.2, 0.25) is 5.02 Å².